The van der Waals surface area contributed by atoms with Crippen LogP contribution in [0, 0.1) is 5.82 Å². The quantitative estimate of drug-likeness (QED) is 0.864. The minimum Gasteiger partial charge on any atom is -0.481 e. The van der Waals surface area contributed by atoms with Crippen molar-refractivity contribution in [2.45, 2.75) is 18.9 Å². The molecule has 0 heterocycles. The van der Waals surface area contributed by atoms with Crippen LogP contribution in [0.1, 0.15) is 23.6 Å². The number of carbonyl (C=O) groups is 2. The van der Waals surface area contributed by atoms with E-state index in [1.807, 2.05) is 0 Å². The fourth-order valence-corrected chi connectivity index (χ4v) is 2.75. The molecule has 1 unspecified atom stereocenters. The lowest BCUT2D eigenvalue weighted by molar-refractivity contribution is -0.133. The summed E-state index contributed by atoms with van der Waals surface area (Å²) in [5.41, 5.74) is 1.89. The second kappa shape index (κ2) is 6.06. The van der Waals surface area contributed by atoms with E-state index in [2.05, 4.69) is 5.32 Å². The Morgan fingerprint density at radius 3 is 2.95 bits per heavy atom. The van der Waals surface area contributed by atoms with Crippen molar-refractivity contribution in [3.8, 4) is 0 Å². The third-order valence-electron chi connectivity index (χ3n) is 2.98. The van der Waals surface area contributed by atoms with Crippen molar-refractivity contribution in [3.05, 3.63) is 35.1 Å². The summed E-state index contributed by atoms with van der Waals surface area (Å²) < 4.78 is 13.0. The number of nitrogens with one attached hydrogen (secondary N) is 1. The number of rotatable bonds is 5. The number of carbonyl (C=O) groups excluding carboxylic acids is 1. The van der Waals surface area contributed by atoms with Crippen LogP contribution in [-0.2, 0) is 16.0 Å². The van der Waals surface area contributed by atoms with E-state index >= 15 is 0 Å². The van der Waals surface area contributed by atoms with Crippen molar-refractivity contribution >= 4 is 23.6 Å². The van der Waals surface area contributed by atoms with Gasteiger partial charge in [-0.3, -0.25) is 9.59 Å². The number of aliphatic carboxylic acids is 1. The van der Waals surface area contributed by atoms with E-state index in [1.165, 1.54) is 12.1 Å². The molecule has 1 aliphatic rings. The molecule has 0 radical (unpaired) electrons. The second-order valence-electron chi connectivity index (χ2n) is 4.39. The van der Waals surface area contributed by atoms with E-state index in [4.69, 9.17) is 5.11 Å². The summed E-state index contributed by atoms with van der Waals surface area (Å²) in [5, 5.41) is 11.3. The van der Waals surface area contributed by atoms with Crippen LogP contribution in [0.25, 0.3) is 0 Å². The zero-order chi connectivity index (χ0) is 13.8. The van der Waals surface area contributed by atoms with Crippen LogP contribution in [0.4, 0.5) is 4.39 Å². The predicted molar refractivity (Wildman–Crippen MR) is 70.6 cm³/mol. The van der Waals surface area contributed by atoms with Gasteiger partial charge in [0.2, 0.25) is 5.91 Å². The summed E-state index contributed by atoms with van der Waals surface area (Å²) in [6, 6.07) is 4.50. The molecule has 0 spiro atoms. The van der Waals surface area contributed by atoms with Gasteiger partial charge >= 0.3 is 5.97 Å². The molecule has 19 heavy (non-hydrogen) atoms. The third-order valence-corrected chi connectivity index (χ3v) is 3.89. The molecule has 2 N–H and O–H groups in total. The molecule has 1 aliphatic carbocycles. The highest BCUT2D eigenvalue weighted by atomic mass is 32.2. The fourth-order valence-electron chi connectivity index (χ4n) is 2.20. The molecule has 0 bridgehead atoms. The Morgan fingerprint density at radius 2 is 2.21 bits per heavy atom. The molecule has 1 aromatic carbocycles. The molecular formula is C13H14FNO3S. The van der Waals surface area contributed by atoms with Gasteiger partial charge in [-0.2, -0.15) is 0 Å². The summed E-state index contributed by atoms with van der Waals surface area (Å²) in [5.74, 6) is -1.34. The molecule has 1 aromatic rings. The molecule has 4 nitrogen and oxygen atoms in total. The molecule has 2 rings (SSSR count). The standard InChI is InChI=1S/C13H14FNO3S/c14-9-2-3-10-8(5-9)1-4-11(10)15-12(16)6-19-7-13(17)18/h2-3,5,11H,1,4,6-7H2,(H,15,16)(H,17,18). The van der Waals surface area contributed by atoms with Gasteiger partial charge in [0.1, 0.15) is 5.82 Å². The monoisotopic (exact) mass is 283 g/mol. The molecule has 1 amide bonds. The normalized spacial score (nSPS) is 17.0. The van der Waals surface area contributed by atoms with Crippen LogP contribution in [0.15, 0.2) is 18.2 Å². The summed E-state index contributed by atoms with van der Waals surface area (Å²) in [6.07, 6.45) is 1.51. The van der Waals surface area contributed by atoms with Gasteiger partial charge in [-0.25, -0.2) is 4.39 Å². The molecule has 0 aromatic heterocycles. The first kappa shape index (κ1) is 13.9. The van der Waals surface area contributed by atoms with Gasteiger partial charge in [0, 0.05) is 0 Å². The zero-order valence-corrected chi connectivity index (χ0v) is 11.0. The van der Waals surface area contributed by atoms with E-state index in [0.717, 1.165) is 35.7 Å². The molecular weight excluding hydrogens is 269 g/mol. The highest BCUT2D eigenvalue weighted by Crippen LogP contribution is 2.31. The first-order valence-electron chi connectivity index (χ1n) is 5.93. The number of benzene rings is 1. The van der Waals surface area contributed by atoms with Crippen molar-refractivity contribution in [3.63, 3.8) is 0 Å². The van der Waals surface area contributed by atoms with Crippen molar-refractivity contribution in [2.24, 2.45) is 0 Å². The molecule has 6 heteroatoms. The van der Waals surface area contributed by atoms with Gasteiger partial charge in [0.15, 0.2) is 0 Å². The summed E-state index contributed by atoms with van der Waals surface area (Å²) in [4.78, 5) is 22.0. The molecule has 0 saturated heterocycles. The minimum absolute atomic E-state index is 0.0834. The van der Waals surface area contributed by atoms with Gasteiger partial charge in [0.05, 0.1) is 17.5 Å². The number of hydrogen-bond acceptors (Lipinski definition) is 3. The Morgan fingerprint density at radius 1 is 1.42 bits per heavy atom. The number of fused-ring (bicyclic) bond motifs is 1. The first-order valence-corrected chi connectivity index (χ1v) is 7.09. The van der Waals surface area contributed by atoms with Gasteiger partial charge in [-0.15, -0.1) is 11.8 Å². The number of carboxylic acids is 1. The minimum atomic E-state index is -0.931. The van der Waals surface area contributed by atoms with Crippen LogP contribution in [-0.4, -0.2) is 28.5 Å². The fraction of sp³-hybridized carbons (Fsp3) is 0.385. The van der Waals surface area contributed by atoms with Gasteiger partial charge in [-0.05, 0) is 36.1 Å². The highest BCUT2D eigenvalue weighted by molar-refractivity contribution is 8.00. The molecule has 0 aliphatic heterocycles. The number of thioether (sulfide) groups is 1. The Bertz CT molecular complexity index is 507. The van der Waals surface area contributed by atoms with Gasteiger partial charge in [0.25, 0.3) is 0 Å². The topological polar surface area (TPSA) is 66.4 Å². The largest absolute Gasteiger partial charge is 0.481 e. The number of carboxylic acid groups (broad SMARTS) is 1. The lowest BCUT2D eigenvalue weighted by Crippen LogP contribution is -2.29. The SMILES string of the molecule is O=C(O)CSCC(=O)NC1CCc2cc(F)ccc21. The number of hydrogen-bond donors (Lipinski definition) is 2. The van der Waals surface area contributed by atoms with Crippen molar-refractivity contribution in [1.29, 1.82) is 0 Å². The van der Waals surface area contributed by atoms with E-state index in [1.54, 1.807) is 6.07 Å². The smallest absolute Gasteiger partial charge is 0.313 e. The lowest BCUT2D eigenvalue weighted by Gasteiger charge is -2.13. The van der Waals surface area contributed by atoms with Crippen LogP contribution < -0.4 is 5.32 Å². The van der Waals surface area contributed by atoms with Crippen LogP contribution >= 0.6 is 11.8 Å². The number of amides is 1. The van der Waals surface area contributed by atoms with Gasteiger partial charge in [-0.1, -0.05) is 6.07 Å². The maximum atomic E-state index is 13.0. The maximum Gasteiger partial charge on any atom is 0.313 e. The Kier molecular flexibility index (Phi) is 4.42. The third kappa shape index (κ3) is 3.70. The van der Waals surface area contributed by atoms with Crippen LogP contribution in [0.5, 0.6) is 0 Å². The molecule has 0 fully saturated rings. The second-order valence-corrected chi connectivity index (χ2v) is 5.37. The van der Waals surface area contributed by atoms with Crippen molar-refractivity contribution in [2.75, 3.05) is 11.5 Å². The van der Waals surface area contributed by atoms with Gasteiger partial charge < -0.3 is 10.4 Å². The summed E-state index contributed by atoms with van der Waals surface area (Å²) >= 11 is 1.06. The Labute approximate surface area is 114 Å². The van der Waals surface area contributed by atoms with E-state index < -0.39 is 5.97 Å². The summed E-state index contributed by atoms with van der Waals surface area (Å²) in [7, 11) is 0. The van der Waals surface area contributed by atoms with Crippen molar-refractivity contribution < 1.29 is 19.1 Å². The van der Waals surface area contributed by atoms with E-state index in [-0.39, 0.29) is 29.3 Å². The Hall–Kier alpha value is -1.56. The zero-order valence-electron chi connectivity index (χ0n) is 10.2. The first-order chi connectivity index (χ1) is 9.06. The number of halogens is 1. The molecule has 102 valence electrons. The van der Waals surface area contributed by atoms with E-state index in [0.29, 0.717) is 0 Å². The van der Waals surface area contributed by atoms with E-state index in [9.17, 15) is 14.0 Å². The lowest BCUT2D eigenvalue weighted by atomic mass is 10.1. The average Bonchev–Trinajstić information content (AvgIpc) is 2.71. The van der Waals surface area contributed by atoms with Crippen LogP contribution in [0.2, 0.25) is 0 Å². The van der Waals surface area contributed by atoms with Crippen LogP contribution in [0.3, 0.4) is 0 Å². The molecule has 0 saturated carbocycles. The maximum absolute atomic E-state index is 13.0. The van der Waals surface area contributed by atoms with Crippen molar-refractivity contribution in [1.82, 2.24) is 5.32 Å². The predicted octanol–water partition coefficient (Wildman–Crippen LogP) is 1.75. The molecule has 1 atom stereocenters. The highest BCUT2D eigenvalue weighted by Gasteiger charge is 2.24. The average molecular weight is 283 g/mol. The summed E-state index contributed by atoms with van der Waals surface area (Å²) in [6.45, 7) is 0. The Balaban J connectivity index is 1.88. The number of aryl methyl sites for hydroxylation is 1.